The molecule has 1 aromatic rings. The van der Waals surface area contributed by atoms with Crippen LogP contribution in [0.1, 0.15) is 19.3 Å². The van der Waals surface area contributed by atoms with Crippen LogP contribution in [0.4, 0.5) is 0 Å². The molecule has 1 saturated carbocycles. The van der Waals surface area contributed by atoms with Crippen molar-refractivity contribution in [1.82, 2.24) is 4.31 Å². The third-order valence-electron chi connectivity index (χ3n) is 4.55. The number of halogens is 1. The molecule has 3 atom stereocenters. The van der Waals surface area contributed by atoms with Gasteiger partial charge >= 0.3 is 0 Å². The summed E-state index contributed by atoms with van der Waals surface area (Å²) in [6.45, 7) is 1.19. The third-order valence-corrected chi connectivity index (χ3v) is 6.88. The lowest BCUT2D eigenvalue weighted by molar-refractivity contribution is 0.260. The second-order valence-electron chi connectivity index (χ2n) is 5.80. The van der Waals surface area contributed by atoms with Crippen molar-refractivity contribution in [3.8, 4) is 0 Å². The third kappa shape index (κ3) is 2.54. The molecule has 4 nitrogen and oxygen atoms in total. The highest BCUT2D eigenvalue weighted by Crippen LogP contribution is 2.37. The number of nitrogens with zero attached hydrogens (tertiary/aromatic N) is 1. The fourth-order valence-corrected chi connectivity index (χ4v) is 5.58. The quantitative estimate of drug-likeness (QED) is 0.881. The van der Waals surface area contributed by atoms with E-state index in [9.17, 15) is 8.42 Å². The van der Waals surface area contributed by atoms with Crippen molar-refractivity contribution < 1.29 is 8.42 Å². The molecule has 1 heterocycles. The molecule has 6 heteroatoms. The van der Waals surface area contributed by atoms with Gasteiger partial charge in [0, 0.05) is 23.6 Å². The Labute approximate surface area is 128 Å². The first kappa shape index (κ1) is 14.5. The topological polar surface area (TPSA) is 63.4 Å². The first-order chi connectivity index (χ1) is 9.48. The van der Waals surface area contributed by atoms with Crippen molar-refractivity contribution in [2.24, 2.45) is 17.6 Å². The van der Waals surface area contributed by atoms with E-state index in [4.69, 9.17) is 5.73 Å². The van der Waals surface area contributed by atoms with Gasteiger partial charge in [-0.2, -0.15) is 4.31 Å². The van der Waals surface area contributed by atoms with Crippen molar-refractivity contribution in [2.45, 2.75) is 30.2 Å². The van der Waals surface area contributed by atoms with Crippen LogP contribution >= 0.6 is 15.9 Å². The highest BCUT2D eigenvalue weighted by molar-refractivity contribution is 9.10. The van der Waals surface area contributed by atoms with E-state index in [-0.39, 0.29) is 6.04 Å². The smallest absolute Gasteiger partial charge is 0.243 e. The van der Waals surface area contributed by atoms with Gasteiger partial charge in [-0.1, -0.05) is 28.4 Å². The Balaban J connectivity index is 1.86. The molecule has 110 valence electrons. The molecule has 0 radical (unpaired) electrons. The summed E-state index contributed by atoms with van der Waals surface area (Å²) in [5.74, 6) is 0.756. The van der Waals surface area contributed by atoms with Crippen LogP contribution in [0.25, 0.3) is 0 Å². The lowest BCUT2D eigenvalue weighted by atomic mass is 9.78. The minimum Gasteiger partial charge on any atom is -0.327 e. The van der Waals surface area contributed by atoms with Crippen molar-refractivity contribution >= 4 is 26.0 Å². The molecule has 1 aliphatic heterocycles. The highest BCUT2D eigenvalue weighted by Gasteiger charge is 2.43. The largest absolute Gasteiger partial charge is 0.327 e. The number of hydrogen-bond acceptors (Lipinski definition) is 3. The van der Waals surface area contributed by atoms with Crippen LogP contribution in [0.15, 0.2) is 33.6 Å². The number of benzene rings is 1. The van der Waals surface area contributed by atoms with E-state index in [1.807, 2.05) is 6.07 Å². The number of fused-ring (bicyclic) bond motifs is 1. The van der Waals surface area contributed by atoms with Crippen molar-refractivity contribution in [3.05, 3.63) is 28.7 Å². The standard InChI is InChI=1S/C14H19BrN2O2S/c15-11-4-2-5-12(7-11)20(18,19)17-8-10-3-1-6-14(16)13(10)9-17/h2,4-5,7,10,13-14H,1,3,6,8-9,16H2. The second-order valence-corrected chi connectivity index (χ2v) is 8.65. The summed E-state index contributed by atoms with van der Waals surface area (Å²) in [5.41, 5.74) is 6.16. The molecular formula is C14H19BrN2O2S. The van der Waals surface area contributed by atoms with Crippen LogP contribution in [-0.2, 0) is 10.0 Å². The maximum absolute atomic E-state index is 12.7. The van der Waals surface area contributed by atoms with E-state index in [0.29, 0.717) is 29.8 Å². The van der Waals surface area contributed by atoms with Crippen molar-refractivity contribution in [2.75, 3.05) is 13.1 Å². The highest BCUT2D eigenvalue weighted by atomic mass is 79.9. The van der Waals surface area contributed by atoms with E-state index >= 15 is 0 Å². The molecule has 2 N–H and O–H groups in total. The van der Waals surface area contributed by atoms with Crippen LogP contribution in [0.5, 0.6) is 0 Å². The summed E-state index contributed by atoms with van der Waals surface area (Å²) in [7, 11) is -3.40. The van der Waals surface area contributed by atoms with Gasteiger partial charge in [0.1, 0.15) is 0 Å². The van der Waals surface area contributed by atoms with Gasteiger partial charge in [0.15, 0.2) is 0 Å². The molecule has 1 saturated heterocycles. The molecule has 3 unspecified atom stereocenters. The Morgan fingerprint density at radius 2 is 2.05 bits per heavy atom. The summed E-state index contributed by atoms with van der Waals surface area (Å²) in [4.78, 5) is 0.360. The fraction of sp³-hybridized carbons (Fsp3) is 0.571. The molecule has 0 bridgehead atoms. The van der Waals surface area contributed by atoms with Gasteiger partial charge in [0.2, 0.25) is 10.0 Å². The Bertz CT molecular complexity index is 605. The molecule has 3 rings (SSSR count). The van der Waals surface area contributed by atoms with Gasteiger partial charge < -0.3 is 5.73 Å². The fourth-order valence-electron chi connectivity index (χ4n) is 3.45. The van der Waals surface area contributed by atoms with Gasteiger partial charge in [0.25, 0.3) is 0 Å². The summed E-state index contributed by atoms with van der Waals surface area (Å²) in [5, 5.41) is 0. The first-order valence-electron chi connectivity index (χ1n) is 7.00. The second kappa shape index (κ2) is 5.40. The number of nitrogens with two attached hydrogens (primary N) is 1. The SMILES string of the molecule is NC1CCCC2CN(S(=O)(=O)c3cccc(Br)c3)CC12. The summed E-state index contributed by atoms with van der Waals surface area (Å²) < 4.78 is 27.8. The number of sulfonamides is 1. The minimum atomic E-state index is -3.40. The molecule has 1 aliphatic carbocycles. The maximum Gasteiger partial charge on any atom is 0.243 e. The van der Waals surface area contributed by atoms with Gasteiger partial charge in [-0.05, 0) is 42.9 Å². The predicted octanol–water partition coefficient (Wildman–Crippen LogP) is 2.20. The molecule has 0 amide bonds. The van der Waals surface area contributed by atoms with Crippen LogP contribution in [0.3, 0.4) is 0 Å². The zero-order valence-corrected chi connectivity index (χ0v) is 13.6. The van der Waals surface area contributed by atoms with Crippen LogP contribution in [0, 0.1) is 11.8 Å². The van der Waals surface area contributed by atoms with E-state index in [1.54, 1.807) is 22.5 Å². The van der Waals surface area contributed by atoms with Crippen LogP contribution in [-0.4, -0.2) is 31.9 Å². The summed E-state index contributed by atoms with van der Waals surface area (Å²) in [6, 6.07) is 7.06. The van der Waals surface area contributed by atoms with E-state index in [1.165, 1.54) is 0 Å². The monoisotopic (exact) mass is 358 g/mol. The Hall–Kier alpha value is -0.430. The number of hydrogen-bond donors (Lipinski definition) is 1. The first-order valence-corrected chi connectivity index (χ1v) is 9.23. The van der Waals surface area contributed by atoms with Crippen molar-refractivity contribution in [3.63, 3.8) is 0 Å². The lowest BCUT2D eigenvalue weighted by Crippen LogP contribution is -2.38. The molecule has 1 aromatic carbocycles. The molecule has 0 spiro atoms. The normalized spacial score (nSPS) is 31.2. The molecular weight excluding hydrogens is 340 g/mol. The Kier molecular flexibility index (Phi) is 3.92. The Morgan fingerprint density at radius 1 is 1.25 bits per heavy atom. The zero-order valence-electron chi connectivity index (χ0n) is 11.2. The van der Waals surface area contributed by atoms with Gasteiger partial charge in [-0.15, -0.1) is 0 Å². The zero-order chi connectivity index (χ0) is 14.3. The van der Waals surface area contributed by atoms with Gasteiger partial charge in [-0.3, -0.25) is 0 Å². The molecule has 2 fully saturated rings. The molecule has 0 aromatic heterocycles. The minimum absolute atomic E-state index is 0.149. The van der Waals surface area contributed by atoms with E-state index in [2.05, 4.69) is 15.9 Å². The molecule has 20 heavy (non-hydrogen) atoms. The maximum atomic E-state index is 12.7. The average molecular weight is 359 g/mol. The predicted molar refractivity (Wildman–Crippen MR) is 81.7 cm³/mol. The van der Waals surface area contributed by atoms with Gasteiger partial charge in [0.05, 0.1) is 4.90 Å². The van der Waals surface area contributed by atoms with Crippen LogP contribution < -0.4 is 5.73 Å². The average Bonchev–Trinajstić information content (AvgIpc) is 2.85. The lowest BCUT2D eigenvalue weighted by Gasteiger charge is -2.29. The number of rotatable bonds is 2. The van der Waals surface area contributed by atoms with Crippen molar-refractivity contribution in [1.29, 1.82) is 0 Å². The van der Waals surface area contributed by atoms with E-state index < -0.39 is 10.0 Å². The summed E-state index contributed by atoms with van der Waals surface area (Å²) in [6.07, 6.45) is 3.24. The van der Waals surface area contributed by atoms with Gasteiger partial charge in [-0.25, -0.2) is 8.42 Å². The van der Waals surface area contributed by atoms with E-state index in [0.717, 1.165) is 23.7 Å². The summed E-state index contributed by atoms with van der Waals surface area (Å²) >= 11 is 3.33. The Morgan fingerprint density at radius 3 is 2.75 bits per heavy atom. The van der Waals surface area contributed by atoms with Crippen LogP contribution in [0.2, 0.25) is 0 Å². The molecule has 2 aliphatic rings.